The largest absolute Gasteiger partial charge is 0.422 e. The number of para-hydroxylation sites is 1. The molecule has 0 aliphatic rings. The average Bonchev–Trinajstić information content (AvgIpc) is 2.77. The highest BCUT2D eigenvalue weighted by Gasteiger charge is 2.15. The van der Waals surface area contributed by atoms with E-state index in [0.717, 1.165) is 5.56 Å². The Morgan fingerprint density at radius 3 is 2.53 bits per heavy atom. The van der Waals surface area contributed by atoms with Crippen molar-refractivity contribution in [3.05, 3.63) is 92.9 Å². The van der Waals surface area contributed by atoms with Crippen LogP contribution in [0.15, 0.2) is 76.3 Å². The number of hydrogen-bond acceptors (Lipinski definition) is 5. The SMILES string of the molecule is Cc1cccc(C(=O)Oc2ccc(Br)cc2C=NNC(=O)C(=O)Nc2ccccc2Cl)c1. The van der Waals surface area contributed by atoms with Crippen LogP contribution in [0.25, 0.3) is 0 Å². The molecule has 0 unspecified atom stereocenters. The lowest BCUT2D eigenvalue weighted by Crippen LogP contribution is -2.32. The van der Waals surface area contributed by atoms with Crippen molar-refractivity contribution in [3.63, 3.8) is 0 Å². The van der Waals surface area contributed by atoms with Crippen LogP contribution in [-0.2, 0) is 9.59 Å². The van der Waals surface area contributed by atoms with Gasteiger partial charge in [0.25, 0.3) is 0 Å². The number of carbonyl (C=O) groups is 3. The van der Waals surface area contributed by atoms with Gasteiger partial charge in [0.05, 0.1) is 22.5 Å². The Balaban J connectivity index is 1.68. The molecular weight excluding hydrogens is 498 g/mol. The van der Waals surface area contributed by atoms with Gasteiger partial charge in [-0.25, -0.2) is 10.2 Å². The number of aryl methyl sites for hydroxylation is 1. The van der Waals surface area contributed by atoms with E-state index in [1.54, 1.807) is 60.7 Å². The van der Waals surface area contributed by atoms with Crippen LogP contribution in [0.1, 0.15) is 21.5 Å². The number of amides is 2. The predicted molar refractivity (Wildman–Crippen MR) is 126 cm³/mol. The van der Waals surface area contributed by atoms with Gasteiger partial charge in [-0.3, -0.25) is 9.59 Å². The smallest absolute Gasteiger partial charge is 0.343 e. The minimum atomic E-state index is -0.991. The van der Waals surface area contributed by atoms with Crippen molar-refractivity contribution in [2.75, 3.05) is 5.32 Å². The lowest BCUT2D eigenvalue weighted by atomic mass is 10.1. The highest BCUT2D eigenvalue weighted by molar-refractivity contribution is 9.10. The Kier molecular flexibility index (Phi) is 7.75. The second-order valence-electron chi connectivity index (χ2n) is 6.57. The van der Waals surface area contributed by atoms with Crippen molar-refractivity contribution < 1.29 is 19.1 Å². The van der Waals surface area contributed by atoms with Gasteiger partial charge in [-0.2, -0.15) is 5.10 Å². The molecular formula is C23H17BrClN3O4. The minimum absolute atomic E-state index is 0.234. The van der Waals surface area contributed by atoms with E-state index in [9.17, 15) is 14.4 Å². The van der Waals surface area contributed by atoms with E-state index < -0.39 is 17.8 Å². The zero-order valence-corrected chi connectivity index (χ0v) is 19.1. The number of halogens is 2. The van der Waals surface area contributed by atoms with Gasteiger partial charge in [0.15, 0.2) is 0 Å². The Labute approximate surface area is 197 Å². The Morgan fingerprint density at radius 1 is 1.00 bits per heavy atom. The Bertz CT molecular complexity index is 1210. The van der Waals surface area contributed by atoms with Crippen LogP contribution >= 0.6 is 27.5 Å². The summed E-state index contributed by atoms with van der Waals surface area (Å²) < 4.78 is 6.19. The van der Waals surface area contributed by atoms with E-state index >= 15 is 0 Å². The third-order valence-electron chi connectivity index (χ3n) is 4.13. The number of nitrogens with one attached hydrogen (secondary N) is 2. The van der Waals surface area contributed by atoms with Gasteiger partial charge in [-0.1, -0.05) is 57.4 Å². The quantitative estimate of drug-likeness (QED) is 0.169. The van der Waals surface area contributed by atoms with Crippen LogP contribution in [0.5, 0.6) is 5.75 Å². The minimum Gasteiger partial charge on any atom is -0.422 e. The molecule has 3 aromatic rings. The Morgan fingerprint density at radius 2 is 1.78 bits per heavy atom. The molecule has 0 spiro atoms. The molecule has 162 valence electrons. The molecule has 0 bridgehead atoms. The second kappa shape index (κ2) is 10.7. The summed E-state index contributed by atoms with van der Waals surface area (Å²) >= 11 is 9.30. The number of carbonyl (C=O) groups excluding carboxylic acids is 3. The van der Waals surface area contributed by atoms with Gasteiger partial charge < -0.3 is 10.1 Å². The average molecular weight is 515 g/mol. The maximum Gasteiger partial charge on any atom is 0.343 e. The van der Waals surface area contributed by atoms with Crippen LogP contribution in [0.3, 0.4) is 0 Å². The number of benzene rings is 3. The molecule has 2 N–H and O–H groups in total. The van der Waals surface area contributed by atoms with Crippen molar-refractivity contribution in [2.45, 2.75) is 6.92 Å². The summed E-state index contributed by atoms with van der Waals surface area (Å²) in [5.74, 6) is -2.22. The standard InChI is InChI=1S/C23H17BrClN3O4/c1-14-5-4-6-15(11-14)23(31)32-20-10-9-17(24)12-16(20)13-26-28-22(30)21(29)27-19-8-3-2-7-18(19)25/h2-13H,1H3,(H,27,29)(H,28,30). The molecule has 0 aliphatic heterocycles. The lowest BCUT2D eigenvalue weighted by molar-refractivity contribution is -0.136. The van der Waals surface area contributed by atoms with Crippen LogP contribution in [0.4, 0.5) is 5.69 Å². The zero-order valence-electron chi connectivity index (χ0n) is 16.8. The summed E-state index contributed by atoms with van der Waals surface area (Å²) in [4.78, 5) is 36.5. The molecule has 9 heteroatoms. The molecule has 3 rings (SSSR count). The number of hydrazone groups is 1. The van der Waals surface area contributed by atoms with E-state index in [2.05, 4.69) is 31.8 Å². The molecule has 32 heavy (non-hydrogen) atoms. The van der Waals surface area contributed by atoms with Gasteiger partial charge in [0.1, 0.15) is 5.75 Å². The molecule has 0 radical (unpaired) electrons. The summed E-state index contributed by atoms with van der Waals surface area (Å²) in [6, 6.07) is 18.5. The van der Waals surface area contributed by atoms with E-state index in [1.807, 2.05) is 13.0 Å². The van der Waals surface area contributed by atoms with Gasteiger partial charge in [0.2, 0.25) is 0 Å². The molecule has 0 heterocycles. The molecule has 0 atom stereocenters. The third kappa shape index (κ3) is 6.26. The van der Waals surface area contributed by atoms with Gasteiger partial charge in [-0.05, 0) is 49.4 Å². The first-order valence-corrected chi connectivity index (χ1v) is 10.5. The van der Waals surface area contributed by atoms with E-state index in [-0.39, 0.29) is 5.75 Å². The molecule has 7 nitrogen and oxygen atoms in total. The first-order chi connectivity index (χ1) is 15.3. The van der Waals surface area contributed by atoms with Gasteiger partial charge in [0, 0.05) is 10.0 Å². The van der Waals surface area contributed by atoms with Crippen molar-refractivity contribution in [3.8, 4) is 5.75 Å². The fraction of sp³-hybridized carbons (Fsp3) is 0.0435. The molecule has 0 saturated carbocycles. The van der Waals surface area contributed by atoms with Gasteiger partial charge in [-0.15, -0.1) is 0 Å². The highest BCUT2D eigenvalue weighted by atomic mass is 79.9. The summed E-state index contributed by atoms with van der Waals surface area (Å²) in [7, 11) is 0. The van der Waals surface area contributed by atoms with Crippen molar-refractivity contribution in [1.82, 2.24) is 5.43 Å². The molecule has 3 aromatic carbocycles. The van der Waals surface area contributed by atoms with Crippen molar-refractivity contribution >= 4 is 57.2 Å². The summed E-state index contributed by atoms with van der Waals surface area (Å²) in [5.41, 5.74) is 4.17. The first kappa shape index (κ1) is 23.2. The highest BCUT2D eigenvalue weighted by Crippen LogP contribution is 2.23. The van der Waals surface area contributed by atoms with E-state index in [0.29, 0.717) is 26.3 Å². The number of nitrogens with zero attached hydrogens (tertiary/aromatic N) is 1. The summed E-state index contributed by atoms with van der Waals surface area (Å²) in [5, 5.41) is 6.48. The second-order valence-corrected chi connectivity index (χ2v) is 7.90. The zero-order chi connectivity index (χ0) is 23.1. The topological polar surface area (TPSA) is 96.9 Å². The third-order valence-corrected chi connectivity index (χ3v) is 4.95. The van der Waals surface area contributed by atoms with Gasteiger partial charge >= 0.3 is 17.8 Å². The predicted octanol–water partition coefficient (Wildman–Crippen LogP) is 4.72. The van der Waals surface area contributed by atoms with Crippen LogP contribution < -0.4 is 15.5 Å². The number of hydrogen-bond donors (Lipinski definition) is 2. The number of esters is 1. The number of rotatable bonds is 5. The lowest BCUT2D eigenvalue weighted by Gasteiger charge is -2.08. The van der Waals surface area contributed by atoms with Crippen molar-refractivity contribution in [1.29, 1.82) is 0 Å². The number of anilines is 1. The summed E-state index contributed by atoms with van der Waals surface area (Å²) in [6.07, 6.45) is 1.27. The molecule has 2 amide bonds. The van der Waals surface area contributed by atoms with Crippen LogP contribution in [-0.4, -0.2) is 24.0 Å². The van der Waals surface area contributed by atoms with Crippen LogP contribution in [0, 0.1) is 6.92 Å². The van der Waals surface area contributed by atoms with Crippen molar-refractivity contribution in [2.24, 2.45) is 5.10 Å². The van der Waals surface area contributed by atoms with E-state index in [1.165, 1.54) is 6.21 Å². The fourth-order valence-electron chi connectivity index (χ4n) is 2.60. The van der Waals surface area contributed by atoms with E-state index in [4.69, 9.17) is 16.3 Å². The molecule has 0 aliphatic carbocycles. The molecule has 0 aromatic heterocycles. The Hall–Kier alpha value is -3.49. The maximum atomic E-state index is 12.5. The summed E-state index contributed by atoms with van der Waals surface area (Å²) in [6.45, 7) is 1.87. The number of ether oxygens (including phenoxy) is 1. The first-order valence-electron chi connectivity index (χ1n) is 9.31. The molecule has 0 saturated heterocycles. The normalized spacial score (nSPS) is 10.6. The maximum absolute atomic E-state index is 12.5. The van der Waals surface area contributed by atoms with Crippen LogP contribution in [0.2, 0.25) is 5.02 Å². The fourth-order valence-corrected chi connectivity index (χ4v) is 3.16. The molecule has 0 fully saturated rings. The monoisotopic (exact) mass is 513 g/mol.